The first-order valence-electron chi connectivity index (χ1n) is 3.42. The van der Waals surface area contributed by atoms with Gasteiger partial charge in [-0.25, -0.2) is 0 Å². The minimum Gasteiger partial charge on any atom is -0.198 e. The third-order valence-corrected chi connectivity index (χ3v) is 1.18. The molecule has 0 radical (unpaired) electrons. The molecule has 0 saturated heterocycles. The molecule has 1 aromatic rings. The van der Waals surface area contributed by atoms with E-state index in [-0.39, 0.29) is 7.43 Å². The van der Waals surface area contributed by atoms with Gasteiger partial charge in [0.15, 0.2) is 0 Å². The van der Waals surface area contributed by atoms with Gasteiger partial charge in [-0.1, -0.05) is 28.2 Å². The lowest BCUT2D eigenvalue weighted by Crippen LogP contribution is -2.09. The highest BCUT2D eigenvalue weighted by atomic mass is 15.3. The molecule has 0 aliphatic rings. The van der Waals surface area contributed by atoms with Gasteiger partial charge in [-0.2, -0.15) is 15.4 Å². The van der Waals surface area contributed by atoms with Crippen molar-refractivity contribution in [1.82, 2.24) is 15.4 Å². The molecule has 1 rings (SSSR count). The van der Waals surface area contributed by atoms with Crippen LogP contribution in [0.4, 0.5) is 0 Å². The summed E-state index contributed by atoms with van der Waals surface area (Å²) in [7, 11) is 0. The number of H-pyrrole nitrogens is 1. The summed E-state index contributed by atoms with van der Waals surface area (Å²) in [6.07, 6.45) is 2.74. The maximum atomic E-state index is 3.97. The molecule has 0 unspecified atom stereocenters. The van der Waals surface area contributed by atoms with Crippen LogP contribution in [0.25, 0.3) is 0 Å². The van der Waals surface area contributed by atoms with E-state index in [9.17, 15) is 0 Å². The second-order valence-electron chi connectivity index (χ2n) is 3.70. The van der Waals surface area contributed by atoms with Crippen LogP contribution in [0.15, 0.2) is 6.20 Å². The van der Waals surface area contributed by atoms with Crippen LogP contribution in [0.2, 0.25) is 0 Å². The van der Waals surface area contributed by atoms with Gasteiger partial charge in [0.1, 0.15) is 0 Å². The molecule has 64 valence electrons. The molecule has 0 aliphatic carbocycles. The Labute approximate surface area is 68.2 Å². The lowest BCUT2D eigenvalue weighted by Gasteiger charge is -2.14. The molecule has 3 nitrogen and oxygen atoms in total. The van der Waals surface area contributed by atoms with E-state index in [0.29, 0.717) is 5.41 Å². The van der Waals surface area contributed by atoms with Gasteiger partial charge in [0, 0.05) is 0 Å². The highest BCUT2D eigenvalue weighted by Gasteiger charge is 2.12. The predicted molar refractivity (Wildman–Crippen MR) is 46.3 cm³/mol. The SMILES string of the molecule is C.CC(C)(C)Cc1cn[nH]n1. The topological polar surface area (TPSA) is 41.6 Å². The fourth-order valence-corrected chi connectivity index (χ4v) is 0.854. The average molecular weight is 155 g/mol. The van der Waals surface area contributed by atoms with Crippen molar-refractivity contribution in [2.45, 2.75) is 34.6 Å². The molecular formula is C8H17N3. The van der Waals surface area contributed by atoms with Gasteiger partial charge in [-0.3, -0.25) is 0 Å². The van der Waals surface area contributed by atoms with E-state index in [1.165, 1.54) is 0 Å². The van der Waals surface area contributed by atoms with Gasteiger partial charge in [-0.05, 0) is 11.8 Å². The van der Waals surface area contributed by atoms with Gasteiger partial charge in [0.2, 0.25) is 0 Å². The van der Waals surface area contributed by atoms with Crippen molar-refractivity contribution in [2.75, 3.05) is 0 Å². The molecule has 0 atom stereocenters. The zero-order valence-electron chi connectivity index (χ0n) is 6.68. The minimum absolute atomic E-state index is 0. The molecule has 1 aromatic heterocycles. The van der Waals surface area contributed by atoms with E-state index in [0.717, 1.165) is 12.1 Å². The molecule has 0 saturated carbocycles. The number of nitrogens with zero attached hydrogens (tertiary/aromatic N) is 2. The normalized spacial score (nSPS) is 10.8. The quantitative estimate of drug-likeness (QED) is 0.674. The average Bonchev–Trinajstić information content (AvgIpc) is 2.12. The number of hydrogen-bond donors (Lipinski definition) is 1. The Morgan fingerprint density at radius 2 is 2.09 bits per heavy atom. The van der Waals surface area contributed by atoms with Crippen molar-refractivity contribution in [2.24, 2.45) is 5.41 Å². The second-order valence-corrected chi connectivity index (χ2v) is 3.70. The zero-order chi connectivity index (χ0) is 7.61. The highest BCUT2D eigenvalue weighted by Crippen LogP contribution is 2.17. The van der Waals surface area contributed by atoms with Gasteiger partial charge < -0.3 is 0 Å². The number of hydrogen-bond acceptors (Lipinski definition) is 2. The van der Waals surface area contributed by atoms with Crippen molar-refractivity contribution in [3.63, 3.8) is 0 Å². The van der Waals surface area contributed by atoms with Crippen molar-refractivity contribution in [3.05, 3.63) is 11.9 Å². The molecular weight excluding hydrogens is 138 g/mol. The van der Waals surface area contributed by atoms with Gasteiger partial charge in [0.25, 0.3) is 0 Å². The van der Waals surface area contributed by atoms with Crippen LogP contribution in [-0.2, 0) is 6.42 Å². The standard InChI is InChI=1S/C7H13N3.CH4/c1-7(2,3)4-6-5-8-10-9-6;/h5H,4H2,1-3H3,(H,8,9,10);1H4. The van der Waals surface area contributed by atoms with Crippen LogP contribution >= 0.6 is 0 Å². The Bertz CT molecular complexity index is 184. The number of aromatic nitrogens is 3. The first kappa shape index (κ1) is 10.1. The summed E-state index contributed by atoms with van der Waals surface area (Å²) in [6, 6.07) is 0. The van der Waals surface area contributed by atoms with E-state index < -0.39 is 0 Å². The first-order chi connectivity index (χ1) is 4.58. The molecule has 0 aromatic carbocycles. The maximum absolute atomic E-state index is 3.97. The summed E-state index contributed by atoms with van der Waals surface area (Å²) in [4.78, 5) is 0. The number of aromatic amines is 1. The summed E-state index contributed by atoms with van der Waals surface area (Å²) in [5.74, 6) is 0. The highest BCUT2D eigenvalue weighted by molar-refractivity contribution is 4.93. The Kier molecular flexibility index (Phi) is 3.23. The van der Waals surface area contributed by atoms with Crippen LogP contribution in [0.1, 0.15) is 33.9 Å². The Morgan fingerprint density at radius 1 is 1.45 bits per heavy atom. The second kappa shape index (κ2) is 3.51. The van der Waals surface area contributed by atoms with Crippen molar-refractivity contribution in [1.29, 1.82) is 0 Å². The molecule has 0 amide bonds. The molecule has 0 aliphatic heterocycles. The smallest absolute Gasteiger partial charge is 0.0829 e. The molecule has 11 heavy (non-hydrogen) atoms. The zero-order valence-corrected chi connectivity index (χ0v) is 6.68. The number of rotatable bonds is 1. The summed E-state index contributed by atoms with van der Waals surface area (Å²) in [6.45, 7) is 6.55. The van der Waals surface area contributed by atoms with E-state index in [2.05, 4.69) is 36.2 Å². The lowest BCUT2D eigenvalue weighted by atomic mass is 9.91. The van der Waals surface area contributed by atoms with E-state index in [4.69, 9.17) is 0 Å². The summed E-state index contributed by atoms with van der Waals surface area (Å²) < 4.78 is 0. The van der Waals surface area contributed by atoms with Crippen LogP contribution < -0.4 is 0 Å². The molecule has 3 heteroatoms. The monoisotopic (exact) mass is 155 g/mol. The molecule has 0 fully saturated rings. The molecule has 1 N–H and O–H groups in total. The van der Waals surface area contributed by atoms with Crippen LogP contribution in [0, 0.1) is 5.41 Å². The molecule has 0 spiro atoms. The third-order valence-electron chi connectivity index (χ3n) is 1.18. The van der Waals surface area contributed by atoms with Gasteiger partial charge in [0.05, 0.1) is 11.9 Å². The Morgan fingerprint density at radius 3 is 2.45 bits per heavy atom. The summed E-state index contributed by atoms with van der Waals surface area (Å²) in [5.41, 5.74) is 1.34. The van der Waals surface area contributed by atoms with Crippen LogP contribution in [0.3, 0.4) is 0 Å². The molecule has 1 heterocycles. The third kappa shape index (κ3) is 3.75. The summed E-state index contributed by atoms with van der Waals surface area (Å²) >= 11 is 0. The number of nitrogens with one attached hydrogen (secondary N) is 1. The summed E-state index contributed by atoms with van der Waals surface area (Å²) in [5, 5.41) is 10.3. The first-order valence-corrected chi connectivity index (χ1v) is 3.42. The van der Waals surface area contributed by atoms with Crippen LogP contribution in [-0.4, -0.2) is 15.4 Å². The van der Waals surface area contributed by atoms with Gasteiger partial charge >= 0.3 is 0 Å². The Balaban J connectivity index is 0.000001000. The fourth-order valence-electron chi connectivity index (χ4n) is 0.854. The van der Waals surface area contributed by atoms with Gasteiger partial charge in [-0.15, -0.1) is 0 Å². The lowest BCUT2D eigenvalue weighted by molar-refractivity contribution is 0.406. The van der Waals surface area contributed by atoms with E-state index in [1.54, 1.807) is 6.20 Å². The maximum Gasteiger partial charge on any atom is 0.0829 e. The van der Waals surface area contributed by atoms with Crippen molar-refractivity contribution < 1.29 is 0 Å². The predicted octanol–water partition coefficient (Wildman–Crippen LogP) is 2.03. The Hall–Kier alpha value is -0.860. The fraction of sp³-hybridized carbons (Fsp3) is 0.750. The van der Waals surface area contributed by atoms with Crippen molar-refractivity contribution >= 4 is 0 Å². The van der Waals surface area contributed by atoms with Crippen LogP contribution in [0.5, 0.6) is 0 Å². The van der Waals surface area contributed by atoms with E-state index >= 15 is 0 Å². The molecule has 0 bridgehead atoms. The largest absolute Gasteiger partial charge is 0.198 e. The minimum atomic E-state index is 0. The van der Waals surface area contributed by atoms with Crippen molar-refractivity contribution in [3.8, 4) is 0 Å². The van der Waals surface area contributed by atoms with E-state index in [1.807, 2.05) is 0 Å².